The highest BCUT2D eigenvalue weighted by atomic mass is 28.4. The minimum absolute atomic E-state index is 0.0399. The van der Waals surface area contributed by atoms with Gasteiger partial charge in [0.05, 0.1) is 0 Å². The van der Waals surface area contributed by atoms with Crippen LogP contribution < -0.4 is 0 Å². The van der Waals surface area contributed by atoms with Crippen LogP contribution in [0.5, 0.6) is 0 Å². The maximum Gasteiger partial charge on any atom is 0.491 e. The van der Waals surface area contributed by atoms with Gasteiger partial charge < -0.3 is 9.53 Å². The van der Waals surface area contributed by atoms with E-state index in [1.54, 1.807) is 0 Å². The molecule has 0 saturated carbocycles. The summed E-state index contributed by atoms with van der Waals surface area (Å²) in [5.74, 6) is 0. The van der Waals surface area contributed by atoms with Crippen molar-refractivity contribution in [2.45, 2.75) is 52.8 Å². The predicted octanol–water partition coefficient (Wildman–Crippen LogP) is 3.71. The molecule has 0 aliphatic heterocycles. The monoisotopic (exact) mass is 218 g/mol. The van der Waals surface area contributed by atoms with E-state index in [-0.39, 0.29) is 10.5 Å². The molecule has 0 spiro atoms. The van der Waals surface area contributed by atoms with Gasteiger partial charge in [-0.3, -0.25) is 0 Å². The highest BCUT2D eigenvalue weighted by molar-refractivity contribution is 6.75. The molecule has 0 aliphatic carbocycles. The van der Waals surface area contributed by atoms with Crippen molar-refractivity contribution in [2.24, 2.45) is 5.41 Å². The minimum atomic E-state index is -2.23. The van der Waals surface area contributed by atoms with Gasteiger partial charge in [-0.15, -0.1) is 0 Å². The smallest absolute Gasteiger partial charge is 0.489 e. The molecule has 0 fully saturated rings. The van der Waals surface area contributed by atoms with Crippen molar-refractivity contribution < 1.29 is 14.3 Å². The molecular formula is C10H22O3Si. The van der Waals surface area contributed by atoms with E-state index < -0.39 is 14.5 Å². The first kappa shape index (κ1) is 13.5. The van der Waals surface area contributed by atoms with Gasteiger partial charge >= 0.3 is 6.16 Å². The first-order valence-corrected chi connectivity index (χ1v) is 7.74. The third-order valence-corrected chi connectivity index (χ3v) is 8.17. The highest BCUT2D eigenvalue weighted by Gasteiger charge is 2.51. The molecule has 0 amide bonds. The molecule has 0 radical (unpaired) electrons. The Balaban J connectivity index is 4.97. The van der Waals surface area contributed by atoms with Gasteiger partial charge in [-0.25, -0.2) is 4.79 Å². The van der Waals surface area contributed by atoms with Crippen LogP contribution >= 0.6 is 0 Å². The third kappa shape index (κ3) is 2.50. The van der Waals surface area contributed by atoms with Crippen molar-refractivity contribution >= 4 is 14.5 Å². The second-order valence-electron chi connectivity index (χ2n) is 5.75. The normalized spacial score (nSPS) is 13.9. The summed E-state index contributed by atoms with van der Waals surface area (Å²) in [6.07, 6.45) is -1.15. The van der Waals surface area contributed by atoms with Crippen molar-refractivity contribution in [3.8, 4) is 0 Å². The van der Waals surface area contributed by atoms with Crippen LogP contribution in [-0.4, -0.2) is 19.6 Å². The first-order chi connectivity index (χ1) is 5.92. The molecule has 14 heavy (non-hydrogen) atoms. The fraction of sp³-hybridized carbons (Fsp3) is 0.900. The standard InChI is InChI=1S/C10H22O3Si/c1-9(2,3)10(4,5)14(6,7)13-8(11)12/h1-7H3,(H,11,12). The fourth-order valence-electron chi connectivity index (χ4n) is 1.25. The highest BCUT2D eigenvalue weighted by Crippen LogP contribution is 2.52. The largest absolute Gasteiger partial charge is 0.491 e. The van der Waals surface area contributed by atoms with E-state index in [1.165, 1.54) is 0 Å². The SMILES string of the molecule is CC(C)(C)C(C)(C)[Si](C)(C)OC(=O)O. The van der Waals surface area contributed by atoms with Crippen LogP contribution in [0.2, 0.25) is 18.1 Å². The summed E-state index contributed by atoms with van der Waals surface area (Å²) in [7, 11) is -2.23. The van der Waals surface area contributed by atoms with E-state index in [1.807, 2.05) is 13.1 Å². The molecule has 0 aromatic heterocycles. The minimum Gasteiger partial charge on any atom is -0.489 e. The molecule has 0 bridgehead atoms. The van der Waals surface area contributed by atoms with E-state index in [0.717, 1.165) is 0 Å². The lowest BCUT2D eigenvalue weighted by atomic mass is 9.82. The van der Waals surface area contributed by atoms with Crippen LogP contribution in [0.3, 0.4) is 0 Å². The summed E-state index contributed by atoms with van der Waals surface area (Å²) < 4.78 is 5.08. The van der Waals surface area contributed by atoms with Crippen LogP contribution in [-0.2, 0) is 4.43 Å². The third-order valence-electron chi connectivity index (χ3n) is 3.72. The Bertz CT molecular complexity index is 226. The lowest BCUT2D eigenvalue weighted by Gasteiger charge is -2.47. The fourth-order valence-corrected chi connectivity index (χ4v) is 3.75. The Labute approximate surface area is 87.6 Å². The van der Waals surface area contributed by atoms with Crippen LogP contribution in [0.15, 0.2) is 0 Å². The molecule has 0 rings (SSSR count). The van der Waals surface area contributed by atoms with Crippen molar-refractivity contribution in [1.29, 1.82) is 0 Å². The van der Waals surface area contributed by atoms with Gasteiger partial charge in [-0.2, -0.15) is 0 Å². The van der Waals surface area contributed by atoms with Gasteiger partial charge in [-0.1, -0.05) is 34.6 Å². The first-order valence-electron chi connectivity index (χ1n) is 4.84. The van der Waals surface area contributed by atoms with E-state index in [0.29, 0.717) is 0 Å². The zero-order chi connectivity index (χ0) is 11.8. The molecule has 0 aromatic rings. The topological polar surface area (TPSA) is 46.5 Å². The maximum absolute atomic E-state index is 10.6. The van der Waals surface area contributed by atoms with Gasteiger partial charge in [0.1, 0.15) is 0 Å². The van der Waals surface area contributed by atoms with E-state index >= 15 is 0 Å². The summed E-state index contributed by atoms with van der Waals surface area (Å²) >= 11 is 0. The number of hydrogen-bond acceptors (Lipinski definition) is 2. The molecule has 0 aromatic carbocycles. The van der Waals surface area contributed by atoms with Crippen molar-refractivity contribution in [1.82, 2.24) is 0 Å². The molecule has 0 aliphatic rings. The molecule has 0 atom stereocenters. The van der Waals surface area contributed by atoms with Gasteiger partial charge in [0.15, 0.2) is 0 Å². The molecule has 3 nitrogen and oxygen atoms in total. The molecule has 84 valence electrons. The summed E-state index contributed by atoms with van der Waals surface area (Å²) in [5.41, 5.74) is 0.0399. The zero-order valence-corrected chi connectivity index (χ0v) is 11.3. The molecule has 0 heterocycles. The Hall–Kier alpha value is -0.513. The van der Waals surface area contributed by atoms with Gasteiger partial charge in [-0.05, 0) is 23.5 Å². The van der Waals surface area contributed by atoms with Crippen LogP contribution in [0.4, 0.5) is 4.79 Å². The summed E-state index contributed by atoms with van der Waals surface area (Å²) in [5, 5.41) is 8.59. The Morgan fingerprint density at radius 1 is 1.14 bits per heavy atom. The van der Waals surface area contributed by atoms with Crippen molar-refractivity contribution in [3.63, 3.8) is 0 Å². The number of carboxylic acid groups (broad SMARTS) is 1. The van der Waals surface area contributed by atoms with Crippen molar-refractivity contribution in [3.05, 3.63) is 0 Å². The molecule has 0 saturated heterocycles. The van der Waals surface area contributed by atoms with E-state index in [4.69, 9.17) is 9.53 Å². The lowest BCUT2D eigenvalue weighted by molar-refractivity contribution is 0.133. The Morgan fingerprint density at radius 3 is 1.71 bits per heavy atom. The Morgan fingerprint density at radius 2 is 1.50 bits per heavy atom. The van der Waals surface area contributed by atoms with Gasteiger partial charge in [0.25, 0.3) is 8.32 Å². The summed E-state index contributed by atoms with van der Waals surface area (Å²) in [6.45, 7) is 14.4. The van der Waals surface area contributed by atoms with Gasteiger partial charge in [0.2, 0.25) is 0 Å². The quantitative estimate of drug-likeness (QED) is 0.719. The molecular weight excluding hydrogens is 196 g/mol. The van der Waals surface area contributed by atoms with Crippen LogP contribution in [0.25, 0.3) is 0 Å². The van der Waals surface area contributed by atoms with Crippen molar-refractivity contribution in [2.75, 3.05) is 0 Å². The average molecular weight is 218 g/mol. The maximum atomic E-state index is 10.6. The number of rotatable bonds is 2. The van der Waals surface area contributed by atoms with Gasteiger partial charge in [0, 0.05) is 0 Å². The second-order valence-corrected chi connectivity index (χ2v) is 10.2. The summed E-state index contributed by atoms with van der Waals surface area (Å²) in [4.78, 5) is 10.6. The molecule has 1 N–H and O–H groups in total. The average Bonchev–Trinajstić information content (AvgIpc) is 1.80. The second kappa shape index (κ2) is 3.57. The van der Waals surface area contributed by atoms with Crippen LogP contribution in [0, 0.1) is 5.41 Å². The molecule has 0 unspecified atom stereocenters. The number of hydrogen-bond donors (Lipinski definition) is 1. The summed E-state index contributed by atoms with van der Waals surface area (Å²) in [6, 6.07) is 0. The number of carbonyl (C=O) groups is 1. The zero-order valence-electron chi connectivity index (χ0n) is 10.3. The lowest BCUT2D eigenvalue weighted by Crippen LogP contribution is -2.49. The Kier molecular flexibility index (Phi) is 3.44. The molecule has 4 heteroatoms. The van der Waals surface area contributed by atoms with E-state index in [2.05, 4.69) is 34.6 Å². The predicted molar refractivity (Wildman–Crippen MR) is 60.1 cm³/mol. The van der Waals surface area contributed by atoms with E-state index in [9.17, 15) is 4.79 Å². The van der Waals surface area contributed by atoms with Crippen LogP contribution in [0.1, 0.15) is 34.6 Å².